The second kappa shape index (κ2) is 10.3. The molecule has 2 aromatic carbocycles. The molecular formula is C21H30N4O4S. The number of anilines is 2. The number of sulfonamides is 1. The normalized spacial score (nSPS) is 12.3. The number of nitrogens with one attached hydrogen (secondary N) is 3. The third-order valence-corrected chi connectivity index (χ3v) is 6.37. The first kappa shape index (κ1) is 23.5. The number of carbonyl (C=O) groups excluding carboxylic acids is 1. The Morgan fingerprint density at radius 2 is 1.80 bits per heavy atom. The molecule has 0 aliphatic rings. The maximum atomic E-state index is 12.5. The number of carbonyl (C=O) groups is 1. The lowest BCUT2D eigenvalue weighted by atomic mass is 10.1. The molecule has 9 heteroatoms. The second-order valence-electron chi connectivity index (χ2n) is 6.91. The van der Waals surface area contributed by atoms with Gasteiger partial charge in [-0.2, -0.15) is 0 Å². The molecule has 0 saturated carbocycles. The zero-order valence-corrected chi connectivity index (χ0v) is 18.8. The smallest absolute Gasteiger partial charge is 0.242 e. The van der Waals surface area contributed by atoms with Gasteiger partial charge in [-0.05, 0) is 38.1 Å². The number of hydrogen-bond acceptors (Lipinski definition) is 6. The van der Waals surface area contributed by atoms with E-state index in [1.807, 2.05) is 38.1 Å². The number of rotatable bonds is 10. The molecule has 0 heterocycles. The molecule has 2 aromatic rings. The lowest BCUT2D eigenvalue weighted by Crippen LogP contribution is -2.32. The lowest BCUT2D eigenvalue weighted by Gasteiger charge is -2.19. The summed E-state index contributed by atoms with van der Waals surface area (Å²) in [4.78, 5) is 12.6. The second-order valence-corrected chi connectivity index (χ2v) is 9.06. The molecule has 0 fully saturated rings. The molecule has 1 amide bonds. The van der Waals surface area contributed by atoms with Gasteiger partial charge in [0.05, 0.1) is 36.0 Å². The van der Waals surface area contributed by atoms with Gasteiger partial charge in [-0.3, -0.25) is 4.79 Å². The van der Waals surface area contributed by atoms with Crippen LogP contribution in [0.3, 0.4) is 0 Å². The summed E-state index contributed by atoms with van der Waals surface area (Å²) < 4.78 is 31.4. The zero-order valence-electron chi connectivity index (χ0n) is 18.0. The number of para-hydroxylation sites is 1. The van der Waals surface area contributed by atoms with Crippen LogP contribution in [0.4, 0.5) is 11.4 Å². The molecule has 0 aromatic heterocycles. The number of amides is 1. The van der Waals surface area contributed by atoms with E-state index in [0.29, 0.717) is 18.0 Å². The Kier molecular flexibility index (Phi) is 8.08. The van der Waals surface area contributed by atoms with E-state index in [9.17, 15) is 13.2 Å². The first-order valence-corrected chi connectivity index (χ1v) is 11.1. The largest absolute Gasteiger partial charge is 0.496 e. The van der Waals surface area contributed by atoms with Gasteiger partial charge in [-0.15, -0.1) is 0 Å². The van der Waals surface area contributed by atoms with Crippen molar-refractivity contribution in [3.05, 3.63) is 48.0 Å². The van der Waals surface area contributed by atoms with Crippen molar-refractivity contribution in [3.63, 3.8) is 0 Å². The summed E-state index contributed by atoms with van der Waals surface area (Å²) in [5, 5.41) is 9.14. The lowest BCUT2D eigenvalue weighted by molar-refractivity contribution is -0.120. The van der Waals surface area contributed by atoms with Crippen molar-refractivity contribution in [2.24, 2.45) is 0 Å². The van der Waals surface area contributed by atoms with Crippen molar-refractivity contribution in [2.75, 3.05) is 44.9 Å². The fourth-order valence-corrected chi connectivity index (χ4v) is 3.88. The highest BCUT2D eigenvalue weighted by molar-refractivity contribution is 7.89. The number of nitrogens with zero attached hydrogens (tertiary/aromatic N) is 1. The Bertz CT molecular complexity index is 977. The summed E-state index contributed by atoms with van der Waals surface area (Å²) in [7, 11) is 0.967. The van der Waals surface area contributed by atoms with Crippen molar-refractivity contribution in [3.8, 4) is 5.75 Å². The van der Waals surface area contributed by atoms with Gasteiger partial charge in [0.1, 0.15) is 5.75 Å². The monoisotopic (exact) mass is 434 g/mol. The first-order chi connectivity index (χ1) is 14.2. The maximum Gasteiger partial charge on any atom is 0.242 e. The Hall–Kier alpha value is -2.78. The Labute approximate surface area is 178 Å². The van der Waals surface area contributed by atoms with Gasteiger partial charge in [0.15, 0.2) is 0 Å². The molecule has 2 rings (SSSR count). The van der Waals surface area contributed by atoms with Crippen molar-refractivity contribution in [2.45, 2.75) is 24.8 Å². The Morgan fingerprint density at radius 1 is 1.10 bits per heavy atom. The zero-order chi connectivity index (χ0) is 22.3. The maximum absolute atomic E-state index is 12.5. The van der Waals surface area contributed by atoms with E-state index in [4.69, 9.17) is 4.74 Å². The van der Waals surface area contributed by atoms with E-state index >= 15 is 0 Å². The van der Waals surface area contributed by atoms with Crippen LogP contribution in [0, 0.1) is 0 Å². The van der Waals surface area contributed by atoms with Crippen LogP contribution in [-0.4, -0.2) is 52.9 Å². The molecule has 164 valence electrons. The van der Waals surface area contributed by atoms with E-state index in [1.54, 1.807) is 19.2 Å². The van der Waals surface area contributed by atoms with E-state index in [0.717, 1.165) is 15.6 Å². The predicted molar refractivity (Wildman–Crippen MR) is 120 cm³/mol. The van der Waals surface area contributed by atoms with E-state index < -0.39 is 10.0 Å². The molecule has 0 saturated heterocycles. The van der Waals surface area contributed by atoms with Crippen LogP contribution in [-0.2, 0) is 14.8 Å². The van der Waals surface area contributed by atoms with Gasteiger partial charge in [0.25, 0.3) is 0 Å². The number of ether oxygens (including phenoxy) is 1. The minimum absolute atomic E-state index is 0.0106. The van der Waals surface area contributed by atoms with Crippen molar-refractivity contribution >= 4 is 27.3 Å². The average Bonchev–Trinajstić information content (AvgIpc) is 2.72. The Balaban J connectivity index is 2.14. The predicted octanol–water partition coefficient (Wildman–Crippen LogP) is 2.67. The molecule has 0 aliphatic heterocycles. The summed E-state index contributed by atoms with van der Waals surface area (Å²) >= 11 is 0. The topological polar surface area (TPSA) is 99.8 Å². The van der Waals surface area contributed by atoms with Gasteiger partial charge < -0.3 is 20.7 Å². The summed E-state index contributed by atoms with van der Waals surface area (Å²) in [6, 6.07) is 12.0. The van der Waals surface area contributed by atoms with Crippen LogP contribution in [0.15, 0.2) is 47.4 Å². The molecule has 30 heavy (non-hydrogen) atoms. The summed E-state index contributed by atoms with van der Waals surface area (Å²) in [6.07, 6.45) is 0. The van der Waals surface area contributed by atoms with Gasteiger partial charge in [-0.25, -0.2) is 12.7 Å². The fourth-order valence-electron chi connectivity index (χ4n) is 2.96. The minimum atomic E-state index is -3.58. The van der Waals surface area contributed by atoms with E-state index in [2.05, 4.69) is 16.0 Å². The highest BCUT2D eigenvalue weighted by atomic mass is 32.2. The molecular weight excluding hydrogens is 404 g/mol. The fraction of sp³-hybridized carbons (Fsp3) is 0.381. The molecule has 0 aliphatic carbocycles. The third kappa shape index (κ3) is 5.64. The van der Waals surface area contributed by atoms with Crippen molar-refractivity contribution in [1.29, 1.82) is 0 Å². The molecule has 0 spiro atoms. The molecule has 0 radical (unpaired) electrons. The Morgan fingerprint density at radius 3 is 2.43 bits per heavy atom. The first-order valence-electron chi connectivity index (χ1n) is 9.67. The van der Waals surface area contributed by atoms with E-state index in [1.165, 1.54) is 20.2 Å². The van der Waals surface area contributed by atoms with Crippen molar-refractivity contribution < 1.29 is 17.9 Å². The standard InChI is InChI=1S/C21H30N4O4S/c1-6-22-18-12-11-16(30(27,28)25(3)4)13-19(18)23-14-21(26)24-15(2)17-9-7-8-10-20(17)29-5/h7-13,15,22-23H,6,14H2,1-5H3,(H,24,26). The quantitative estimate of drug-likeness (QED) is 0.532. The highest BCUT2D eigenvalue weighted by Crippen LogP contribution is 2.27. The van der Waals surface area contributed by atoms with Crippen LogP contribution in [0.2, 0.25) is 0 Å². The van der Waals surface area contributed by atoms with Gasteiger partial charge in [0, 0.05) is 26.2 Å². The molecule has 8 nitrogen and oxygen atoms in total. The highest BCUT2D eigenvalue weighted by Gasteiger charge is 2.19. The van der Waals surface area contributed by atoms with Crippen LogP contribution >= 0.6 is 0 Å². The van der Waals surface area contributed by atoms with Crippen LogP contribution in [0.1, 0.15) is 25.5 Å². The number of benzene rings is 2. The van der Waals surface area contributed by atoms with Gasteiger partial charge in [-0.1, -0.05) is 18.2 Å². The van der Waals surface area contributed by atoms with Crippen LogP contribution in [0.5, 0.6) is 5.75 Å². The van der Waals surface area contributed by atoms with Gasteiger partial charge >= 0.3 is 0 Å². The number of hydrogen-bond donors (Lipinski definition) is 3. The molecule has 1 unspecified atom stereocenters. The summed E-state index contributed by atoms with van der Waals surface area (Å²) in [5.74, 6) is 0.478. The van der Waals surface area contributed by atoms with Gasteiger partial charge in [0.2, 0.25) is 15.9 Å². The summed E-state index contributed by atoms with van der Waals surface area (Å²) in [5.41, 5.74) is 2.14. The van der Waals surface area contributed by atoms with Crippen molar-refractivity contribution in [1.82, 2.24) is 9.62 Å². The van der Waals surface area contributed by atoms with Crippen LogP contribution < -0.4 is 20.7 Å². The molecule has 0 bridgehead atoms. The average molecular weight is 435 g/mol. The third-order valence-electron chi connectivity index (χ3n) is 4.56. The minimum Gasteiger partial charge on any atom is -0.496 e. The summed E-state index contributed by atoms with van der Waals surface area (Å²) in [6.45, 7) is 4.47. The molecule has 3 N–H and O–H groups in total. The van der Waals surface area contributed by atoms with E-state index in [-0.39, 0.29) is 23.4 Å². The van der Waals surface area contributed by atoms with Crippen LogP contribution in [0.25, 0.3) is 0 Å². The SMILES string of the molecule is CCNc1ccc(S(=O)(=O)N(C)C)cc1NCC(=O)NC(C)c1ccccc1OC. The molecule has 1 atom stereocenters. The number of methoxy groups -OCH3 is 1.